The maximum Gasteiger partial charge on any atom is 0.244 e. The van der Waals surface area contributed by atoms with Crippen molar-refractivity contribution < 1.29 is 22.4 Å². The average molecular weight is 542 g/mol. The van der Waals surface area contributed by atoms with E-state index in [1.54, 1.807) is 37.3 Å². The normalized spacial score (nSPS) is 12.3. The lowest BCUT2D eigenvalue weighted by molar-refractivity contribution is -0.139. The lowest BCUT2D eigenvalue weighted by Crippen LogP contribution is -2.51. The summed E-state index contributed by atoms with van der Waals surface area (Å²) in [6.07, 6.45) is 1.00. The Labute approximate surface area is 203 Å². The molecule has 0 aliphatic heterocycles. The number of amides is 2. The van der Waals surface area contributed by atoms with Crippen LogP contribution in [-0.2, 0) is 26.2 Å². The van der Waals surface area contributed by atoms with Gasteiger partial charge in [0.1, 0.15) is 18.4 Å². The van der Waals surface area contributed by atoms with E-state index in [-0.39, 0.29) is 18.0 Å². The van der Waals surface area contributed by atoms with E-state index >= 15 is 0 Å². The van der Waals surface area contributed by atoms with Gasteiger partial charge in [0, 0.05) is 23.1 Å². The second-order valence-electron chi connectivity index (χ2n) is 8.17. The Morgan fingerprint density at radius 1 is 1.06 bits per heavy atom. The maximum atomic E-state index is 14.3. The van der Waals surface area contributed by atoms with E-state index in [2.05, 4.69) is 21.2 Å². The molecule has 0 spiro atoms. The Morgan fingerprint density at radius 3 is 2.21 bits per heavy atom. The summed E-state index contributed by atoms with van der Waals surface area (Å²) in [6, 6.07) is 11.5. The zero-order valence-electron chi connectivity index (χ0n) is 19.1. The van der Waals surface area contributed by atoms with Crippen LogP contribution in [0.4, 0.5) is 10.1 Å². The van der Waals surface area contributed by atoms with Crippen molar-refractivity contribution in [2.75, 3.05) is 23.7 Å². The van der Waals surface area contributed by atoms with Gasteiger partial charge in [0.05, 0.1) is 11.9 Å². The van der Waals surface area contributed by atoms with Crippen molar-refractivity contribution in [2.45, 2.75) is 33.4 Å². The van der Waals surface area contributed by atoms with E-state index in [0.717, 1.165) is 15.0 Å². The van der Waals surface area contributed by atoms with Crippen molar-refractivity contribution in [3.63, 3.8) is 0 Å². The molecule has 33 heavy (non-hydrogen) atoms. The van der Waals surface area contributed by atoms with Crippen LogP contribution in [0.5, 0.6) is 0 Å². The van der Waals surface area contributed by atoms with Crippen molar-refractivity contribution in [2.24, 2.45) is 5.92 Å². The molecule has 0 aliphatic rings. The molecule has 0 saturated heterocycles. The van der Waals surface area contributed by atoms with Gasteiger partial charge in [-0.15, -0.1) is 0 Å². The Bertz CT molecular complexity index is 1080. The molecule has 0 radical (unpaired) electrons. The number of hydrogen-bond donors (Lipinski definition) is 1. The zero-order chi connectivity index (χ0) is 24.8. The van der Waals surface area contributed by atoms with Crippen LogP contribution in [0.1, 0.15) is 26.3 Å². The average Bonchev–Trinajstić information content (AvgIpc) is 2.74. The van der Waals surface area contributed by atoms with Gasteiger partial charge in [-0.2, -0.15) is 0 Å². The predicted octanol–water partition coefficient (Wildman–Crippen LogP) is 3.54. The SMILES string of the molecule is CC(C)CNC(=O)[C@H](C)N(Cc1ccccc1F)C(=O)CN(c1ccc(Br)cc1)S(C)(=O)=O. The smallest absolute Gasteiger partial charge is 0.244 e. The molecule has 2 amide bonds. The zero-order valence-corrected chi connectivity index (χ0v) is 21.5. The number of nitrogens with one attached hydrogen (secondary N) is 1. The molecule has 10 heteroatoms. The predicted molar refractivity (Wildman–Crippen MR) is 131 cm³/mol. The summed E-state index contributed by atoms with van der Waals surface area (Å²) in [5.74, 6) is -1.34. The standard InChI is InChI=1S/C23H29BrFN3O4S/c1-16(2)13-26-23(30)17(3)27(14-18-7-5-6-8-21(18)25)22(29)15-28(33(4,31)32)20-11-9-19(24)10-12-20/h5-12,16-17H,13-15H2,1-4H3,(H,26,30)/t17-/m0/s1. The number of carbonyl (C=O) groups is 2. The minimum absolute atomic E-state index is 0.181. The van der Waals surface area contributed by atoms with E-state index in [0.29, 0.717) is 12.2 Å². The third kappa shape index (κ3) is 7.82. The first-order valence-corrected chi connectivity index (χ1v) is 13.1. The number of anilines is 1. The largest absolute Gasteiger partial charge is 0.354 e. The van der Waals surface area contributed by atoms with Crippen LogP contribution >= 0.6 is 15.9 Å². The highest BCUT2D eigenvalue weighted by atomic mass is 79.9. The summed E-state index contributed by atoms with van der Waals surface area (Å²) < 4.78 is 41.0. The molecule has 0 unspecified atom stereocenters. The van der Waals surface area contributed by atoms with Crippen molar-refractivity contribution in [3.8, 4) is 0 Å². The topological polar surface area (TPSA) is 86.8 Å². The molecule has 0 heterocycles. The van der Waals surface area contributed by atoms with Crippen LogP contribution in [-0.4, -0.2) is 50.5 Å². The fourth-order valence-electron chi connectivity index (χ4n) is 3.07. The van der Waals surface area contributed by atoms with Crippen LogP contribution in [0.3, 0.4) is 0 Å². The molecule has 0 fully saturated rings. The van der Waals surface area contributed by atoms with Gasteiger partial charge in [0.25, 0.3) is 0 Å². The number of nitrogens with zero attached hydrogens (tertiary/aromatic N) is 2. The van der Waals surface area contributed by atoms with E-state index in [4.69, 9.17) is 0 Å². The summed E-state index contributed by atoms with van der Waals surface area (Å²) >= 11 is 3.30. The van der Waals surface area contributed by atoms with E-state index in [9.17, 15) is 22.4 Å². The van der Waals surface area contributed by atoms with Crippen LogP contribution in [0, 0.1) is 11.7 Å². The molecule has 1 N–H and O–H groups in total. The lowest BCUT2D eigenvalue weighted by Gasteiger charge is -2.31. The van der Waals surface area contributed by atoms with Crippen molar-refractivity contribution in [1.29, 1.82) is 0 Å². The molecule has 0 bridgehead atoms. The second kappa shape index (κ2) is 11.6. The minimum Gasteiger partial charge on any atom is -0.354 e. The molecule has 180 valence electrons. The van der Waals surface area contributed by atoms with Crippen molar-refractivity contribution in [3.05, 3.63) is 64.4 Å². The molecule has 0 aromatic heterocycles. The molecular weight excluding hydrogens is 513 g/mol. The molecule has 0 aliphatic carbocycles. The van der Waals surface area contributed by atoms with Crippen molar-refractivity contribution in [1.82, 2.24) is 10.2 Å². The van der Waals surface area contributed by atoms with Crippen molar-refractivity contribution >= 4 is 43.5 Å². The minimum atomic E-state index is -3.81. The molecule has 0 saturated carbocycles. The van der Waals surface area contributed by atoms with Gasteiger partial charge in [0.2, 0.25) is 21.8 Å². The quantitative estimate of drug-likeness (QED) is 0.498. The highest BCUT2D eigenvalue weighted by Gasteiger charge is 2.30. The van der Waals surface area contributed by atoms with Gasteiger partial charge in [-0.25, -0.2) is 12.8 Å². The maximum absolute atomic E-state index is 14.3. The second-order valence-corrected chi connectivity index (χ2v) is 11.0. The monoisotopic (exact) mass is 541 g/mol. The molecule has 2 rings (SSSR count). The van der Waals surface area contributed by atoms with Crippen LogP contribution in [0.2, 0.25) is 0 Å². The third-order valence-corrected chi connectivity index (χ3v) is 6.61. The lowest BCUT2D eigenvalue weighted by atomic mass is 10.1. The molecule has 1 atom stereocenters. The number of hydrogen-bond acceptors (Lipinski definition) is 4. The summed E-state index contributed by atoms with van der Waals surface area (Å²) in [4.78, 5) is 27.3. The van der Waals surface area contributed by atoms with Crippen LogP contribution < -0.4 is 9.62 Å². The highest BCUT2D eigenvalue weighted by molar-refractivity contribution is 9.10. The van der Waals surface area contributed by atoms with Crippen LogP contribution in [0.15, 0.2) is 53.0 Å². The number of benzene rings is 2. The third-order valence-electron chi connectivity index (χ3n) is 4.94. The first-order chi connectivity index (χ1) is 15.4. The number of halogens is 2. The first kappa shape index (κ1) is 26.8. The Hall–Kier alpha value is -2.46. The van der Waals surface area contributed by atoms with Gasteiger partial charge in [-0.1, -0.05) is 48.0 Å². The van der Waals surface area contributed by atoms with E-state index in [1.807, 2.05) is 13.8 Å². The van der Waals surface area contributed by atoms with E-state index in [1.165, 1.54) is 23.1 Å². The number of rotatable bonds is 10. The first-order valence-electron chi connectivity index (χ1n) is 10.4. The fourth-order valence-corrected chi connectivity index (χ4v) is 4.18. The summed E-state index contributed by atoms with van der Waals surface area (Å²) in [6.45, 7) is 5.12. The van der Waals surface area contributed by atoms with Gasteiger partial charge in [-0.3, -0.25) is 13.9 Å². The number of sulfonamides is 1. The van der Waals surface area contributed by atoms with Crippen LogP contribution in [0.25, 0.3) is 0 Å². The Kier molecular flexibility index (Phi) is 9.42. The highest BCUT2D eigenvalue weighted by Crippen LogP contribution is 2.22. The summed E-state index contributed by atoms with van der Waals surface area (Å²) in [7, 11) is -3.81. The molecular formula is C23H29BrFN3O4S. The summed E-state index contributed by atoms with van der Waals surface area (Å²) in [5, 5.41) is 2.78. The van der Waals surface area contributed by atoms with Gasteiger partial charge in [-0.05, 0) is 43.2 Å². The molecule has 2 aromatic carbocycles. The molecule has 7 nitrogen and oxygen atoms in total. The summed E-state index contributed by atoms with van der Waals surface area (Å²) in [5.41, 5.74) is 0.528. The van der Waals surface area contributed by atoms with Gasteiger partial charge < -0.3 is 10.2 Å². The fraction of sp³-hybridized carbons (Fsp3) is 0.391. The Morgan fingerprint density at radius 2 is 1.67 bits per heavy atom. The Balaban J connectivity index is 2.36. The van der Waals surface area contributed by atoms with Gasteiger partial charge in [0.15, 0.2) is 0 Å². The van der Waals surface area contributed by atoms with Gasteiger partial charge >= 0.3 is 0 Å². The number of carbonyl (C=O) groups excluding carboxylic acids is 2. The van der Waals surface area contributed by atoms with E-state index < -0.39 is 40.2 Å². The molecule has 2 aromatic rings.